The lowest BCUT2D eigenvalue weighted by Gasteiger charge is -2.08. The molecule has 3 aromatic carbocycles. The van der Waals surface area contributed by atoms with Crippen molar-refractivity contribution < 1.29 is 19.4 Å². The Kier molecular flexibility index (Phi) is 5.26. The lowest BCUT2D eigenvalue weighted by atomic mass is 10.2. The van der Waals surface area contributed by atoms with Crippen molar-refractivity contribution in [2.24, 2.45) is 0 Å². The third-order valence-electron chi connectivity index (χ3n) is 3.72. The van der Waals surface area contributed by atoms with Crippen molar-refractivity contribution >= 4 is 23.0 Å². The third kappa shape index (κ3) is 4.28. The molecule has 1 amide bonds. The van der Waals surface area contributed by atoms with Gasteiger partial charge >= 0.3 is 5.69 Å². The van der Waals surface area contributed by atoms with Gasteiger partial charge in [0.05, 0.1) is 9.85 Å². The van der Waals surface area contributed by atoms with Crippen LogP contribution in [-0.2, 0) is 0 Å². The number of nitro groups is 2. The van der Waals surface area contributed by atoms with Crippen LogP contribution in [0.4, 0.5) is 17.1 Å². The summed E-state index contributed by atoms with van der Waals surface area (Å²) in [6, 6.07) is 17.5. The van der Waals surface area contributed by atoms with Crippen molar-refractivity contribution in [3.63, 3.8) is 0 Å². The summed E-state index contributed by atoms with van der Waals surface area (Å²) in [7, 11) is 0. The molecule has 0 unspecified atom stereocenters. The number of hydrogen-bond acceptors (Lipinski definition) is 6. The maximum Gasteiger partial charge on any atom is 0.311 e. The van der Waals surface area contributed by atoms with Gasteiger partial charge in [-0.1, -0.05) is 18.2 Å². The molecule has 0 aliphatic rings. The average Bonchev–Trinajstić information content (AvgIpc) is 2.69. The Labute approximate surface area is 158 Å². The highest BCUT2D eigenvalue weighted by Gasteiger charge is 2.15. The molecule has 0 saturated carbocycles. The molecule has 0 saturated heterocycles. The van der Waals surface area contributed by atoms with Gasteiger partial charge in [0.25, 0.3) is 11.6 Å². The molecule has 3 rings (SSSR count). The topological polar surface area (TPSA) is 125 Å². The van der Waals surface area contributed by atoms with Crippen molar-refractivity contribution in [1.82, 2.24) is 0 Å². The van der Waals surface area contributed by atoms with E-state index in [1.54, 1.807) is 30.3 Å². The van der Waals surface area contributed by atoms with Crippen LogP contribution < -0.4 is 10.1 Å². The van der Waals surface area contributed by atoms with E-state index < -0.39 is 15.8 Å². The Morgan fingerprint density at radius 3 is 2.25 bits per heavy atom. The number of carbonyl (C=O) groups is 1. The number of hydrogen-bond donors (Lipinski definition) is 1. The summed E-state index contributed by atoms with van der Waals surface area (Å²) in [5, 5.41) is 24.4. The summed E-state index contributed by atoms with van der Waals surface area (Å²) in [6.07, 6.45) is 0. The van der Waals surface area contributed by atoms with E-state index >= 15 is 0 Å². The molecule has 3 aromatic rings. The molecular formula is C19H13N3O6. The van der Waals surface area contributed by atoms with Gasteiger partial charge in [0.15, 0.2) is 0 Å². The molecule has 0 spiro atoms. The molecule has 0 radical (unpaired) electrons. The van der Waals surface area contributed by atoms with Crippen molar-refractivity contribution in [3.8, 4) is 11.5 Å². The maximum absolute atomic E-state index is 12.2. The highest BCUT2D eigenvalue weighted by molar-refractivity contribution is 6.04. The van der Waals surface area contributed by atoms with Crippen molar-refractivity contribution in [1.29, 1.82) is 0 Å². The maximum atomic E-state index is 12.2. The second-order valence-corrected chi connectivity index (χ2v) is 5.61. The molecule has 140 valence electrons. The Balaban J connectivity index is 1.71. The van der Waals surface area contributed by atoms with Gasteiger partial charge in [0.1, 0.15) is 5.75 Å². The number of nitrogens with zero attached hydrogens (tertiary/aromatic N) is 2. The van der Waals surface area contributed by atoms with Crippen LogP contribution in [0.1, 0.15) is 10.4 Å². The lowest BCUT2D eigenvalue weighted by Crippen LogP contribution is -2.11. The number of benzene rings is 3. The zero-order valence-electron chi connectivity index (χ0n) is 14.3. The van der Waals surface area contributed by atoms with Gasteiger partial charge in [-0.15, -0.1) is 0 Å². The second kappa shape index (κ2) is 7.96. The summed E-state index contributed by atoms with van der Waals surface area (Å²) in [5.41, 5.74) is 0.243. The number of ether oxygens (including phenoxy) is 1. The molecule has 0 heterocycles. The van der Waals surface area contributed by atoms with Gasteiger partial charge in [-0.3, -0.25) is 25.0 Å². The quantitative estimate of drug-likeness (QED) is 0.495. The first-order valence-corrected chi connectivity index (χ1v) is 8.01. The van der Waals surface area contributed by atoms with Crippen LogP contribution >= 0.6 is 0 Å². The molecular weight excluding hydrogens is 366 g/mol. The minimum Gasteiger partial charge on any atom is -0.450 e. The number of anilines is 1. The zero-order valence-corrected chi connectivity index (χ0v) is 14.3. The van der Waals surface area contributed by atoms with E-state index in [1.165, 1.54) is 42.5 Å². The zero-order chi connectivity index (χ0) is 20.1. The van der Waals surface area contributed by atoms with E-state index in [0.29, 0.717) is 11.4 Å². The summed E-state index contributed by atoms with van der Waals surface area (Å²) in [4.78, 5) is 33.0. The minimum atomic E-state index is -0.578. The van der Waals surface area contributed by atoms with Crippen LogP contribution in [0.2, 0.25) is 0 Å². The smallest absolute Gasteiger partial charge is 0.311 e. The van der Waals surface area contributed by atoms with Gasteiger partial charge in [-0.25, -0.2) is 0 Å². The molecule has 0 fully saturated rings. The van der Waals surface area contributed by atoms with Gasteiger partial charge in [-0.05, 0) is 36.4 Å². The van der Waals surface area contributed by atoms with Gasteiger partial charge in [0, 0.05) is 29.4 Å². The van der Waals surface area contributed by atoms with Gasteiger partial charge in [0.2, 0.25) is 5.75 Å². The van der Waals surface area contributed by atoms with Crippen LogP contribution in [0.3, 0.4) is 0 Å². The number of para-hydroxylation sites is 2. The summed E-state index contributed by atoms with van der Waals surface area (Å²) >= 11 is 0. The molecule has 0 aromatic heterocycles. The number of non-ortho nitro benzene ring substituents is 1. The predicted molar refractivity (Wildman–Crippen MR) is 101 cm³/mol. The van der Waals surface area contributed by atoms with Crippen LogP contribution in [0, 0.1) is 20.2 Å². The number of rotatable bonds is 6. The fourth-order valence-electron chi connectivity index (χ4n) is 2.39. The Morgan fingerprint density at radius 1 is 0.857 bits per heavy atom. The molecule has 0 aliphatic carbocycles. The van der Waals surface area contributed by atoms with Crippen LogP contribution in [0.25, 0.3) is 0 Å². The summed E-state index contributed by atoms with van der Waals surface area (Å²) < 4.78 is 5.53. The molecule has 9 heteroatoms. The van der Waals surface area contributed by atoms with E-state index in [-0.39, 0.29) is 22.7 Å². The molecule has 0 atom stereocenters. The van der Waals surface area contributed by atoms with E-state index in [9.17, 15) is 25.0 Å². The molecule has 0 bridgehead atoms. The second-order valence-electron chi connectivity index (χ2n) is 5.61. The SMILES string of the molecule is O=C(Nc1ccc(Oc2ccccc2[N+](=O)[O-])cc1)c1cccc([N+](=O)[O-])c1. The summed E-state index contributed by atoms with van der Waals surface area (Å²) in [5.74, 6) is -0.0559. The largest absolute Gasteiger partial charge is 0.450 e. The predicted octanol–water partition coefficient (Wildman–Crippen LogP) is 4.55. The number of carbonyl (C=O) groups excluding carboxylic acids is 1. The Bertz CT molecular complexity index is 1050. The number of nitro benzene ring substituents is 2. The van der Waals surface area contributed by atoms with Crippen molar-refractivity contribution in [2.75, 3.05) is 5.32 Å². The molecule has 0 aliphatic heterocycles. The van der Waals surface area contributed by atoms with Crippen LogP contribution in [-0.4, -0.2) is 15.8 Å². The molecule has 1 N–H and O–H groups in total. The van der Waals surface area contributed by atoms with Gasteiger partial charge < -0.3 is 10.1 Å². The van der Waals surface area contributed by atoms with Crippen molar-refractivity contribution in [3.05, 3.63) is 98.6 Å². The standard InChI is InChI=1S/C19H13N3O6/c23-19(13-4-3-5-15(12-13)21(24)25)20-14-8-10-16(11-9-14)28-18-7-2-1-6-17(18)22(26)27/h1-12H,(H,20,23). The fourth-order valence-corrected chi connectivity index (χ4v) is 2.39. The highest BCUT2D eigenvalue weighted by atomic mass is 16.6. The first-order valence-electron chi connectivity index (χ1n) is 8.01. The fraction of sp³-hybridized carbons (Fsp3) is 0. The summed E-state index contributed by atoms with van der Waals surface area (Å²) in [6.45, 7) is 0. The first kappa shape index (κ1) is 18.5. The van der Waals surface area contributed by atoms with Crippen LogP contribution in [0.15, 0.2) is 72.8 Å². The monoisotopic (exact) mass is 379 g/mol. The van der Waals surface area contributed by atoms with E-state index in [2.05, 4.69) is 5.32 Å². The van der Waals surface area contributed by atoms with E-state index in [4.69, 9.17) is 4.74 Å². The van der Waals surface area contributed by atoms with Gasteiger partial charge in [-0.2, -0.15) is 0 Å². The van der Waals surface area contributed by atoms with Crippen LogP contribution in [0.5, 0.6) is 11.5 Å². The first-order chi connectivity index (χ1) is 13.4. The van der Waals surface area contributed by atoms with E-state index in [1.807, 2.05) is 0 Å². The Hall–Kier alpha value is -4.27. The average molecular weight is 379 g/mol. The molecule has 9 nitrogen and oxygen atoms in total. The highest BCUT2D eigenvalue weighted by Crippen LogP contribution is 2.31. The number of amides is 1. The third-order valence-corrected chi connectivity index (χ3v) is 3.72. The lowest BCUT2D eigenvalue weighted by molar-refractivity contribution is -0.385. The Morgan fingerprint density at radius 2 is 1.57 bits per heavy atom. The minimum absolute atomic E-state index is 0.0980. The normalized spacial score (nSPS) is 10.1. The molecule has 28 heavy (non-hydrogen) atoms. The van der Waals surface area contributed by atoms with Crippen molar-refractivity contribution in [2.45, 2.75) is 0 Å². The van der Waals surface area contributed by atoms with E-state index in [0.717, 1.165) is 0 Å². The number of nitrogens with one attached hydrogen (secondary N) is 1.